The number of benzene rings is 2. The zero-order chi connectivity index (χ0) is 22.5. The molecule has 160 valence electrons. The van der Waals surface area contributed by atoms with Gasteiger partial charge < -0.3 is 10.1 Å². The number of ether oxygens (including phenoxy) is 1. The fraction of sp³-hybridized carbons (Fsp3) is 0.385. The van der Waals surface area contributed by atoms with E-state index in [9.17, 15) is 9.59 Å². The number of hydrogen-bond donors (Lipinski definition) is 1. The summed E-state index contributed by atoms with van der Waals surface area (Å²) >= 11 is 0. The summed E-state index contributed by atoms with van der Waals surface area (Å²) in [5.74, 6) is 0.361. The summed E-state index contributed by atoms with van der Waals surface area (Å²) in [5, 5.41) is 2.95. The molecule has 2 aromatic rings. The van der Waals surface area contributed by atoms with Crippen molar-refractivity contribution >= 4 is 23.1 Å². The summed E-state index contributed by atoms with van der Waals surface area (Å²) in [4.78, 5) is 25.5. The third-order valence-electron chi connectivity index (χ3n) is 4.29. The number of carbonyl (C=O) groups excluding carboxylic acids is 2. The standard InChI is InChI=1S/C26H33NO3/c1-18(30-26(5,6)7)20-13-10-11-15-22(20)27-24(29)16-19-12-8-9-14-21(19)23(28)17-25(2,3)4/h8-15H,1,16-17H2,2-7H3,(H,27,29). The molecule has 4 heteroatoms. The zero-order valence-corrected chi connectivity index (χ0v) is 19.0. The second-order valence-corrected chi connectivity index (χ2v) is 9.73. The Morgan fingerprint density at radius 3 is 2.07 bits per heavy atom. The number of para-hydroxylation sites is 1. The Kier molecular flexibility index (Phi) is 7.25. The van der Waals surface area contributed by atoms with Crippen LogP contribution in [0.15, 0.2) is 55.1 Å². The van der Waals surface area contributed by atoms with Gasteiger partial charge in [0.2, 0.25) is 5.91 Å². The van der Waals surface area contributed by atoms with Gasteiger partial charge in [-0.15, -0.1) is 0 Å². The molecule has 0 fully saturated rings. The van der Waals surface area contributed by atoms with Gasteiger partial charge in [0.25, 0.3) is 0 Å². The molecule has 0 aliphatic heterocycles. The third-order valence-corrected chi connectivity index (χ3v) is 4.29. The maximum Gasteiger partial charge on any atom is 0.228 e. The second kappa shape index (κ2) is 9.29. The Bertz CT molecular complexity index is 854. The third kappa shape index (κ3) is 7.18. The quantitative estimate of drug-likeness (QED) is 0.434. The first kappa shape index (κ1) is 23.4. The molecule has 0 radical (unpaired) electrons. The summed E-state index contributed by atoms with van der Waals surface area (Å²) in [6.07, 6.45) is 0.547. The molecule has 0 spiro atoms. The lowest BCUT2D eigenvalue weighted by atomic mass is 9.86. The largest absolute Gasteiger partial charge is 0.488 e. The van der Waals surface area contributed by atoms with Crippen molar-refractivity contribution in [3.05, 3.63) is 71.8 Å². The number of hydrogen-bond acceptors (Lipinski definition) is 3. The first-order valence-electron chi connectivity index (χ1n) is 10.2. The highest BCUT2D eigenvalue weighted by Crippen LogP contribution is 2.28. The van der Waals surface area contributed by atoms with Crippen LogP contribution in [0.5, 0.6) is 0 Å². The molecule has 0 aliphatic rings. The van der Waals surface area contributed by atoms with E-state index in [1.54, 1.807) is 6.07 Å². The van der Waals surface area contributed by atoms with Crippen LogP contribution in [0.2, 0.25) is 0 Å². The van der Waals surface area contributed by atoms with E-state index in [0.29, 0.717) is 23.4 Å². The lowest BCUT2D eigenvalue weighted by Gasteiger charge is -2.24. The molecule has 1 N–H and O–H groups in total. The van der Waals surface area contributed by atoms with E-state index in [4.69, 9.17) is 4.74 Å². The SMILES string of the molecule is C=C(OC(C)(C)C)c1ccccc1NC(=O)Cc1ccccc1C(=O)CC(C)(C)C. The summed E-state index contributed by atoms with van der Waals surface area (Å²) in [6.45, 7) is 16.0. The van der Waals surface area contributed by atoms with Gasteiger partial charge in [0, 0.05) is 17.5 Å². The number of Topliss-reactive ketones (excluding diaryl/α,β-unsaturated/α-hetero) is 1. The molecule has 30 heavy (non-hydrogen) atoms. The smallest absolute Gasteiger partial charge is 0.228 e. The zero-order valence-electron chi connectivity index (χ0n) is 19.0. The van der Waals surface area contributed by atoms with Gasteiger partial charge in [0.15, 0.2) is 5.78 Å². The monoisotopic (exact) mass is 407 g/mol. The second-order valence-electron chi connectivity index (χ2n) is 9.73. The van der Waals surface area contributed by atoms with Crippen LogP contribution in [0.25, 0.3) is 5.76 Å². The predicted octanol–water partition coefficient (Wildman–Crippen LogP) is 6.27. The topological polar surface area (TPSA) is 55.4 Å². The number of nitrogens with one attached hydrogen (secondary N) is 1. The molecule has 1 amide bonds. The van der Waals surface area contributed by atoms with Crippen molar-refractivity contribution in [1.29, 1.82) is 0 Å². The fourth-order valence-electron chi connectivity index (χ4n) is 3.15. The molecule has 0 aromatic heterocycles. The number of anilines is 1. The minimum absolute atomic E-state index is 0.0539. The minimum atomic E-state index is -0.388. The van der Waals surface area contributed by atoms with Gasteiger partial charge >= 0.3 is 0 Å². The van der Waals surface area contributed by atoms with Gasteiger partial charge in [-0.3, -0.25) is 9.59 Å². The van der Waals surface area contributed by atoms with E-state index < -0.39 is 0 Å². The molecule has 0 saturated heterocycles. The van der Waals surface area contributed by atoms with Crippen molar-refractivity contribution in [2.45, 2.75) is 60.0 Å². The molecular formula is C26H33NO3. The Hall–Kier alpha value is -2.88. The molecule has 2 aromatic carbocycles. The molecule has 0 atom stereocenters. The van der Waals surface area contributed by atoms with Gasteiger partial charge in [-0.2, -0.15) is 0 Å². The highest BCUT2D eigenvalue weighted by Gasteiger charge is 2.21. The van der Waals surface area contributed by atoms with E-state index in [-0.39, 0.29) is 29.1 Å². The average molecular weight is 408 g/mol. The maximum absolute atomic E-state index is 12.8. The van der Waals surface area contributed by atoms with Crippen LogP contribution in [0.3, 0.4) is 0 Å². The van der Waals surface area contributed by atoms with Crippen LogP contribution < -0.4 is 5.32 Å². The van der Waals surface area contributed by atoms with Crippen LogP contribution >= 0.6 is 0 Å². The summed E-state index contributed by atoms with van der Waals surface area (Å²) < 4.78 is 5.87. The van der Waals surface area contributed by atoms with Crippen LogP contribution in [0.4, 0.5) is 5.69 Å². The minimum Gasteiger partial charge on any atom is -0.488 e. The predicted molar refractivity (Wildman–Crippen MR) is 123 cm³/mol. The van der Waals surface area contributed by atoms with Crippen LogP contribution in [-0.4, -0.2) is 17.3 Å². The maximum atomic E-state index is 12.8. The Labute approximate surface area is 180 Å². The molecule has 0 bridgehead atoms. The van der Waals surface area contributed by atoms with E-state index in [2.05, 4.69) is 11.9 Å². The lowest BCUT2D eigenvalue weighted by molar-refractivity contribution is -0.115. The summed E-state index contributed by atoms with van der Waals surface area (Å²) in [7, 11) is 0. The molecule has 2 rings (SSSR count). The lowest BCUT2D eigenvalue weighted by Crippen LogP contribution is -2.20. The van der Waals surface area contributed by atoms with Gasteiger partial charge in [-0.05, 0) is 43.9 Å². The Morgan fingerprint density at radius 1 is 0.900 bits per heavy atom. The van der Waals surface area contributed by atoms with E-state index in [0.717, 1.165) is 11.1 Å². The molecule has 0 heterocycles. The summed E-state index contributed by atoms with van der Waals surface area (Å²) in [6, 6.07) is 14.7. The van der Waals surface area contributed by atoms with Crippen LogP contribution in [-0.2, 0) is 16.0 Å². The van der Waals surface area contributed by atoms with Gasteiger partial charge in [-0.25, -0.2) is 0 Å². The van der Waals surface area contributed by atoms with Crippen molar-refractivity contribution in [2.75, 3.05) is 5.32 Å². The molecule has 0 saturated carbocycles. The Balaban J connectivity index is 2.18. The van der Waals surface area contributed by atoms with Crippen molar-refractivity contribution in [3.8, 4) is 0 Å². The first-order chi connectivity index (χ1) is 13.9. The summed E-state index contributed by atoms with van der Waals surface area (Å²) in [5.41, 5.74) is 2.20. The molecule has 0 aliphatic carbocycles. The number of rotatable bonds is 7. The van der Waals surface area contributed by atoms with Crippen LogP contribution in [0, 0.1) is 5.41 Å². The number of carbonyl (C=O) groups is 2. The van der Waals surface area contributed by atoms with Crippen molar-refractivity contribution in [3.63, 3.8) is 0 Å². The normalized spacial score (nSPS) is 11.7. The van der Waals surface area contributed by atoms with Crippen molar-refractivity contribution in [1.82, 2.24) is 0 Å². The number of ketones is 1. The van der Waals surface area contributed by atoms with E-state index in [1.165, 1.54) is 0 Å². The molecule has 0 unspecified atom stereocenters. The number of amides is 1. The Morgan fingerprint density at radius 2 is 1.47 bits per heavy atom. The van der Waals surface area contributed by atoms with E-state index >= 15 is 0 Å². The first-order valence-corrected chi connectivity index (χ1v) is 10.2. The van der Waals surface area contributed by atoms with E-state index in [1.807, 2.05) is 84.0 Å². The molecular weight excluding hydrogens is 374 g/mol. The van der Waals surface area contributed by atoms with Gasteiger partial charge in [-0.1, -0.05) is 63.7 Å². The van der Waals surface area contributed by atoms with Crippen LogP contribution in [0.1, 0.15) is 69.4 Å². The average Bonchev–Trinajstić information content (AvgIpc) is 2.59. The molecule has 4 nitrogen and oxygen atoms in total. The highest BCUT2D eigenvalue weighted by molar-refractivity contribution is 6.01. The van der Waals surface area contributed by atoms with Gasteiger partial charge in [0.1, 0.15) is 11.4 Å². The van der Waals surface area contributed by atoms with Crippen molar-refractivity contribution < 1.29 is 14.3 Å². The fourth-order valence-corrected chi connectivity index (χ4v) is 3.15. The highest BCUT2D eigenvalue weighted by atomic mass is 16.5. The van der Waals surface area contributed by atoms with Crippen molar-refractivity contribution in [2.24, 2.45) is 5.41 Å². The van der Waals surface area contributed by atoms with Gasteiger partial charge in [0.05, 0.1) is 12.1 Å².